The summed E-state index contributed by atoms with van der Waals surface area (Å²) in [6.07, 6.45) is -5.32. The molecule has 0 bridgehead atoms. The van der Waals surface area contributed by atoms with Crippen LogP contribution in [0.15, 0.2) is 0 Å². The van der Waals surface area contributed by atoms with E-state index in [0.29, 0.717) is 5.01 Å². The largest absolute Gasteiger partial charge is 0.444 e. The van der Waals surface area contributed by atoms with Crippen molar-refractivity contribution in [2.75, 3.05) is 13.7 Å². The standard InChI is InChI=1S/C14H16F4N4O3S/c1-14(17,18)3-7-4-21(13(23)25-7)5-8-10(11(15)16)19-12-22(8)20-9(26-12)6-24-2/h7,11H,3-6H2,1-2H3. The predicted octanol–water partition coefficient (Wildman–Crippen LogP) is 3.24. The third-order valence-corrected chi connectivity index (χ3v) is 4.60. The van der Waals surface area contributed by atoms with Gasteiger partial charge in [0.1, 0.15) is 16.8 Å². The summed E-state index contributed by atoms with van der Waals surface area (Å²) in [5.41, 5.74) is -0.473. The van der Waals surface area contributed by atoms with Gasteiger partial charge in [0.05, 0.1) is 25.4 Å². The Morgan fingerprint density at radius 3 is 2.81 bits per heavy atom. The van der Waals surface area contributed by atoms with Gasteiger partial charge in [0.25, 0.3) is 6.43 Å². The smallest absolute Gasteiger partial charge is 0.410 e. The normalized spacial score (nSPS) is 18.3. The second-order valence-electron chi connectivity index (χ2n) is 6.03. The molecule has 7 nitrogen and oxygen atoms in total. The molecule has 0 N–H and O–H groups in total. The zero-order valence-corrected chi connectivity index (χ0v) is 14.7. The monoisotopic (exact) mass is 396 g/mol. The first-order chi connectivity index (χ1) is 12.2. The third kappa shape index (κ3) is 3.90. The topological polar surface area (TPSA) is 69.0 Å². The molecule has 144 valence electrons. The molecule has 3 heterocycles. The van der Waals surface area contributed by atoms with E-state index in [-0.39, 0.29) is 30.4 Å². The summed E-state index contributed by atoms with van der Waals surface area (Å²) in [7, 11) is 1.47. The van der Waals surface area contributed by atoms with Crippen molar-refractivity contribution in [3.05, 3.63) is 16.4 Å². The zero-order valence-electron chi connectivity index (χ0n) is 13.9. The molecule has 1 aliphatic heterocycles. The van der Waals surface area contributed by atoms with E-state index in [1.54, 1.807) is 0 Å². The molecular formula is C14H16F4N4O3S. The Morgan fingerprint density at radius 2 is 2.19 bits per heavy atom. The lowest BCUT2D eigenvalue weighted by Gasteiger charge is -2.15. The minimum Gasteiger partial charge on any atom is -0.444 e. The number of carbonyl (C=O) groups excluding carboxylic acids is 1. The fourth-order valence-corrected chi connectivity index (χ4v) is 3.63. The number of hydrogen-bond donors (Lipinski definition) is 0. The Hall–Kier alpha value is -1.95. The number of imidazole rings is 1. The van der Waals surface area contributed by atoms with Crippen LogP contribution in [0.2, 0.25) is 0 Å². The maximum absolute atomic E-state index is 13.3. The van der Waals surface area contributed by atoms with Crippen molar-refractivity contribution in [2.24, 2.45) is 0 Å². The lowest BCUT2D eigenvalue weighted by molar-refractivity contribution is -0.0207. The minimum absolute atomic E-state index is 0.0226. The molecule has 1 fully saturated rings. The number of hydrogen-bond acceptors (Lipinski definition) is 6. The molecule has 1 amide bonds. The maximum atomic E-state index is 13.3. The highest BCUT2D eigenvalue weighted by Gasteiger charge is 2.38. The van der Waals surface area contributed by atoms with Crippen molar-refractivity contribution < 1.29 is 31.8 Å². The highest BCUT2D eigenvalue weighted by molar-refractivity contribution is 7.16. The molecule has 2 aromatic rings. The molecule has 0 saturated carbocycles. The van der Waals surface area contributed by atoms with Gasteiger partial charge in [-0.05, 0) is 6.92 Å². The van der Waals surface area contributed by atoms with Crippen molar-refractivity contribution in [1.29, 1.82) is 0 Å². The quantitative estimate of drug-likeness (QED) is 0.672. The fourth-order valence-electron chi connectivity index (χ4n) is 2.74. The van der Waals surface area contributed by atoms with Crippen molar-refractivity contribution in [2.45, 2.75) is 44.9 Å². The average Bonchev–Trinajstić information content (AvgIpc) is 3.13. The highest BCUT2D eigenvalue weighted by atomic mass is 32.1. The summed E-state index contributed by atoms with van der Waals surface area (Å²) in [6.45, 7) is 0.539. The summed E-state index contributed by atoms with van der Waals surface area (Å²) in [6, 6.07) is 0. The molecule has 3 rings (SSSR count). The van der Waals surface area contributed by atoms with Crippen LogP contribution in [0.25, 0.3) is 4.96 Å². The number of aromatic nitrogens is 3. The van der Waals surface area contributed by atoms with E-state index in [0.717, 1.165) is 23.2 Å². The number of alkyl halides is 4. The molecule has 0 spiro atoms. The Labute approximate surface area is 149 Å². The van der Waals surface area contributed by atoms with Gasteiger partial charge in [-0.3, -0.25) is 4.90 Å². The maximum Gasteiger partial charge on any atom is 0.410 e. The van der Waals surface area contributed by atoms with Crippen LogP contribution in [0.4, 0.5) is 22.4 Å². The van der Waals surface area contributed by atoms with Gasteiger partial charge in [-0.2, -0.15) is 5.10 Å². The Morgan fingerprint density at radius 1 is 1.46 bits per heavy atom. The summed E-state index contributed by atoms with van der Waals surface area (Å²) in [4.78, 5) is 17.1. The number of ether oxygens (including phenoxy) is 2. The van der Waals surface area contributed by atoms with Crippen molar-refractivity contribution >= 4 is 22.4 Å². The van der Waals surface area contributed by atoms with E-state index in [2.05, 4.69) is 10.1 Å². The first-order valence-electron chi connectivity index (χ1n) is 7.65. The van der Waals surface area contributed by atoms with Crippen molar-refractivity contribution in [3.8, 4) is 0 Å². The molecule has 0 radical (unpaired) electrons. The highest BCUT2D eigenvalue weighted by Crippen LogP contribution is 2.30. The van der Waals surface area contributed by atoms with Gasteiger partial charge in [-0.1, -0.05) is 11.3 Å². The Balaban J connectivity index is 1.85. The number of methoxy groups -OCH3 is 1. The third-order valence-electron chi connectivity index (χ3n) is 3.72. The lowest BCUT2D eigenvalue weighted by Crippen LogP contribution is -2.27. The SMILES string of the molecule is COCc1nn2c(CN3CC(CC(C)(F)F)OC3=O)c(C(F)F)nc2s1. The summed E-state index contributed by atoms with van der Waals surface area (Å²) in [5.74, 6) is -3.00. The van der Waals surface area contributed by atoms with E-state index in [9.17, 15) is 22.4 Å². The van der Waals surface area contributed by atoms with Gasteiger partial charge in [-0.15, -0.1) is 0 Å². The molecule has 26 heavy (non-hydrogen) atoms. The van der Waals surface area contributed by atoms with Crippen LogP contribution in [0.5, 0.6) is 0 Å². The van der Waals surface area contributed by atoms with E-state index >= 15 is 0 Å². The minimum atomic E-state index is -3.00. The number of cyclic esters (lactones) is 1. The van der Waals surface area contributed by atoms with Crippen molar-refractivity contribution in [3.63, 3.8) is 0 Å². The van der Waals surface area contributed by atoms with Gasteiger partial charge < -0.3 is 9.47 Å². The molecule has 1 atom stereocenters. The first-order valence-corrected chi connectivity index (χ1v) is 8.47. The number of amides is 1. The van der Waals surface area contributed by atoms with Gasteiger partial charge in [0.2, 0.25) is 10.9 Å². The number of rotatable bonds is 7. The number of nitrogens with zero attached hydrogens (tertiary/aromatic N) is 4. The number of halogens is 4. The fraction of sp³-hybridized carbons (Fsp3) is 0.643. The van der Waals surface area contributed by atoms with Gasteiger partial charge >= 0.3 is 6.09 Å². The van der Waals surface area contributed by atoms with Gasteiger partial charge in [-0.25, -0.2) is 31.9 Å². The summed E-state index contributed by atoms with van der Waals surface area (Å²) < 4.78 is 63.9. The summed E-state index contributed by atoms with van der Waals surface area (Å²) >= 11 is 1.09. The molecule has 0 aliphatic carbocycles. The predicted molar refractivity (Wildman–Crippen MR) is 82.5 cm³/mol. The molecule has 1 unspecified atom stereocenters. The molecule has 0 aromatic carbocycles. The van der Waals surface area contributed by atoms with E-state index < -0.39 is 36.7 Å². The summed E-state index contributed by atoms with van der Waals surface area (Å²) in [5, 5.41) is 4.70. The van der Waals surface area contributed by atoms with Gasteiger partial charge in [0.15, 0.2) is 0 Å². The number of carbonyl (C=O) groups is 1. The van der Waals surface area contributed by atoms with Crippen LogP contribution in [0, 0.1) is 0 Å². The van der Waals surface area contributed by atoms with E-state index in [1.165, 1.54) is 11.6 Å². The van der Waals surface area contributed by atoms with Crippen LogP contribution in [-0.4, -0.2) is 51.3 Å². The second-order valence-corrected chi connectivity index (χ2v) is 7.07. The van der Waals surface area contributed by atoms with E-state index in [1.807, 2.05) is 0 Å². The zero-order chi connectivity index (χ0) is 19.1. The molecule has 12 heteroatoms. The lowest BCUT2D eigenvalue weighted by atomic mass is 10.1. The van der Waals surface area contributed by atoms with Crippen LogP contribution in [0.1, 0.15) is 36.2 Å². The van der Waals surface area contributed by atoms with Gasteiger partial charge in [0, 0.05) is 13.5 Å². The van der Waals surface area contributed by atoms with Crippen molar-refractivity contribution in [1.82, 2.24) is 19.5 Å². The molecule has 2 aromatic heterocycles. The number of fused-ring (bicyclic) bond motifs is 1. The van der Waals surface area contributed by atoms with E-state index in [4.69, 9.17) is 9.47 Å². The second kappa shape index (κ2) is 6.99. The van der Waals surface area contributed by atoms with Crippen LogP contribution in [0.3, 0.4) is 0 Å². The molecule has 1 saturated heterocycles. The average molecular weight is 396 g/mol. The Bertz CT molecular complexity index is 804. The molecule has 1 aliphatic rings. The van der Waals surface area contributed by atoms with Crippen LogP contribution < -0.4 is 0 Å². The molecular weight excluding hydrogens is 380 g/mol. The van der Waals surface area contributed by atoms with Crippen LogP contribution >= 0.6 is 11.3 Å². The van der Waals surface area contributed by atoms with Crippen LogP contribution in [-0.2, 0) is 22.6 Å². The Kier molecular flexibility index (Phi) is 5.06. The first kappa shape index (κ1) is 18.8.